The van der Waals surface area contributed by atoms with Gasteiger partial charge in [0, 0.05) is 26.2 Å². The Balaban J connectivity index is 1.65. The molecule has 1 aliphatic rings. The summed E-state index contributed by atoms with van der Waals surface area (Å²) in [7, 11) is 0. The van der Waals surface area contributed by atoms with E-state index in [0.29, 0.717) is 19.6 Å². The van der Waals surface area contributed by atoms with Crippen molar-refractivity contribution < 1.29 is 27.5 Å². The highest BCUT2D eigenvalue weighted by molar-refractivity contribution is 7.19. The van der Waals surface area contributed by atoms with Crippen LogP contribution in [0, 0.1) is 11.6 Å². The molecule has 1 unspecified atom stereocenters. The number of nitrogens with zero attached hydrogens (tertiary/aromatic N) is 4. The first-order valence-electron chi connectivity index (χ1n) is 10.2. The van der Waals surface area contributed by atoms with Crippen LogP contribution in [0.25, 0.3) is 10.6 Å². The molecule has 3 aromatic rings. The summed E-state index contributed by atoms with van der Waals surface area (Å²) in [6.45, 7) is 0.568. The van der Waals surface area contributed by atoms with Crippen LogP contribution in [-0.2, 0) is 6.54 Å². The Labute approximate surface area is 195 Å². The normalized spacial score (nSPS) is 16.6. The first-order valence-corrected chi connectivity index (χ1v) is 11.1. The monoisotopic (exact) mass is 499 g/mol. The Hall–Kier alpha value is -3.23. The lowest BCUT2D eigenvalue weighted by molar-refractivity contribution is 0.102. The van der Waals surface area contributed by atoms with Gasteiger partial charge in [0.25, 0.3) is 12.3 Å². The highest BCUT2D eigenvalue weighted by atomic mass is 32.1. The van der Waals surface area contributed by atoms with E-state index >= 15 is 0 Å². The standard InChI is InChI=1S/C20H21F4N7O2S/c21-11-2-1-3-12(22)15(11)19-29-16(17(25)34-19)18(33)28-13-7-27-31(9-14(23)24)20(13)30-5-4-26-6-10(32)8-30/h1-3,7,10,14,26,32H,4-6,8-9,25H2,(H,28,33). The smallest absolute Gasteiger partial charge is 0.277 e. The first kappa shape index (κ1) is 23.9. The maximum atomic E-state index is 14.1. The highest BCUT2D eigenvalue weighted by Gasteiger charge is 2.27. The topological polar surface area (TPSA) is 121 Å². The van der Waals surface area contributed by atoms with Crippen molar-refractivity contribution in [2.45, 2.75) is 19.1 Å². The molecule has 5 N–H and O–H groups in total. The van der Waals surface area contributed by atoms with Gasteiger partial charge < -0.3 is 26.4 Å². The van der Waals surface area contributed by atoms with Crippen LogP contribution in [0.2, 0.25) is 0 Å². The Morgan fingerprint density at radius 3 is 2.79 bits per heavy atom. The van der Waals surface area contributed by atoms with E-state index in [-0.39, 0.29) is 33.8 Å². The number of rotatable bonds is 6. The number of nitrogen functional groups attached to an aromatic ring is 1. The van der Waals surface area contributed by atoms with Gasteiger partial charge in [-0.2, -0.15) is 5.10 Å². The van der Waals surface area contributed by atoms with Crippen LogP contribution in [0.3, 0.4) is 0 Å². The highest BCUT2D eigenvalue weighted by Crippen LogP contribution is 2.34. The first-order chi connectivity index (χ1) is 16.2. The number of carbonyl (C=O) groups is 1. The molecular formula is C20H21F4N7O2S. The second kappa shape index (κ2) is 9.95. The Kier molecular flexibility index (Phi) is 7.00. The summed E-state index contributed by atoms with van der Waals surface area (Å²) < 4.78 is 55.6. The fraction of sp³-hybridized carbons (Fsp3) is 0.350. The zero-order valence-electron chi connectivity index (χ0n) is 17.6. The lowest BCUT2D eigenvalue weighted by atomic mass is 10.2. The maximum Gasteiger partial charge on any atom is 0.277 e. The van der Waals surface area contributed by atoms with Gasteiger partial charge in [-0.15, -0.1) is 0 Å². The lowest BCUT2D eigenvalue weighted by Crippen LogP contribution is -2.35. The van der Waals surface area contributed by atoms with Gasteiger partial charge in [-0.05, 0) is 12.1 Å². The second-order valence-electron chi connectivity index (χ2n) is 7.54. The number of benzene rings is 1. The Morgan fingerprint density at radius 1 is 1.35 bits per heavy atom. The number of anilines is 3. The van der Waals surface area contributed by atoms with E-state index in [0.717, 1.165) is 28.2 Å². The number of amides is 1. The Bertz CT molecular complexity index is 1170. The third-order valence-corrected chi connectivity index (χ3v) is 5.99. The number of alkyl halides is 2. The molecule has 0 aliphatic carbocycles. The average molecular weight is 499 g/mol. The van der Waals surface area contributed by atoms with Crippen molar-refractivity contribution in [1.29, 1.82) is 0 Å². The summed E-state index contributed by atoms with van der Waals surface area (Å²) in [5.74, 6) is -2.33. The van der Waals surface area contributed by atoms with Gasteiger partial charge in [0.1, 0.15) is 33.9 Å². The van der Waals surface area contributed by atoms with Crippen LogP contribution >= 0.6 is 11.3 Å². The predicted octanol–water partition coefficient (Wildman–Crippen LogP) is 2.15. The van der Waals surface area contributed by atoms with Crippen LogP contribution in [0.5, 0.6) is 0 Å². The minimum atomic E-state index is -2.70. The maximum absolute atomic E-state index is 14.1. The predicted molar refractivity (Wildman–Crippen MR) is 119 cm³/mol. The van der Waals surface area contributed by atoms with Gasteiger partial charge in [0.2, 0.25) is 0 Å². The molecule has 1 amide bonds. The number of β-amino-alcohol motifs (C(OH)–C–C–N with tert-alkyl or cyclic N) is 1. The number of thiazole rings is 1. The zero-order valence-corrected chi connectivity index (χ0v) is 18.5. The molecule has 1 fully saturated rings. The second-order valence-corrected chi connectivity index (χ2v) is 8.57. The SMILES string of the molecule is Nc1sc(-c2c(F)cccc2F)nc1C(=O)Nc1cnn(CC(F)F)c1N1CCNCC(O)C1. The zero-order chi connectivity index (χ0) is 24.4. The summed E-state index contributed by atoms with van der Waals surface area (Å²) in [6.07, 6.45) is -2.27. The molecule has 0 saturated carbocycles. The van der Waals surface area contributed by atoms with Crippen molar-refractivity contribution in [3.05, 3.63) is 41.7 Å². The number of carbonyl (C=O) groups excluding carboxylic acids is 1. The van der Waals surface area contributed by atoms with E-state index in [4.69, 9.17) is 5.73 Å². The number of hydrogen-bond donors (Lipinski definition) is 4. The molecule has 0 radical (unpaired) electrons. The van der Waals surface area contributed by atoms with E-state index < -0.39 is 42.2 Å². The van der Waals surface area contributed by atoms with Crippen molar-refractivity contribution in [2.75, 3.05) is 42.1 Å². The van der Waals surface area contributed by atoms with Crippen LogP contribution in [0.15, 0.2) is 24.4 Å². The van der Waals surface area contributed by atoms with Crippen molar-refractivity contribution in [2.24, 2.45) is 0 Å². The van der Waals surface area contributed by atoms with Crippen molar-refractivity contribution in [3.63, 3.8) is 0 Å². The average Bonchev–Trinajstić information content (AvgIpc) is 3.25. The van der Waals surface area contributed by atoms with E-state index in [9.17, 15) is 27.5 Å². The number of aliphatic hydroxyl groups excluding tert-OH is 1. The molecule has 9 nitrogen and oxygen atoms in total. The van der Waals surface area contributed by atoms with Gasteiger partial charge in [0.05, 0.1) is 17.9 Å². The molecule has 0 bridgehead atoms. The Morgan fingerprint density at radius 2 is 2.09 bits per heavy atom. The number of aromatic nitrogens is 3. The molecule has 1 atom stereocenters. The third kappa shape index (κ3) is 4.98. The molecular weight excluding hydrogens is 478 g/mol. The van der Waals surface area contributed by atoms with Gasteiger partial charge in [-0.1, -0.05) is 17.4 Å². The summed E-state index contributed by atoms with van der Waals surface area (Å²) in [6, 6.07) is 3.32. The van der Waals surface area contributed by atoms with E-state index in [2.05, 4.69) is 20.7 Å². The molecule has 1 aromatic carbocycles. The van der Waals surface area contributed by atoms with Gasteiger partial charge in [-0.25, -0.2) is 27.2 Å². The molecule has 1 aliphatic heterocycles. The van der Waals surface area contributed by atoms with Crippen LogP contribution in [0.4, 0.5) is 34.1 Å². The van der Waals surface area contributed by atoms with E-state index in [1.807, 2.05) is 0 Å². The number of nitrogens with two attached hydrogens (primary N) is 1. The molecule has 34 heavy (non-hydrogen) atoms. The molecule has 182 valence electrons. The summed E-state index contributed by atoms with van der Waals surface area (Å²) in [5, 5.41) is 19.5. The lowest BCUT2D eigenvalue weighted by Gasteiger charge is -2.26. The third-order valence-electron chi connectivity index (χ3n) is 5.08. The van der Waals surface area contributed by atoms with E-state index in [1.54, 1.807) is 4.90 Å². The summed E-state index contributed by atoms with van der Waals surface area (Å²) in [4.78, 5) is 18.6. The van der Waals surface area contributed by atoms with Gasteiger partial charge in [0.15, 0.2) is 11.5 Å². The minimum absolute atomic E-state index is 0.0777. The largest absolute Gasteiger partial charge is 0.390 e. The quantitative estimate of drug-likeness (QED) is 0.384. The van der Waals surface area contributed by atoms with Crippen molar-refractivity contribution in [3.8, 4) is 10.6 Å². The molecule has 1 saturated heterocycles. The number of halogens is 4. The fourth-order valence-electron chi connectivity index (χ4n) is 3.64. The van der Waals surface area contributed by atoms with Gasteiger partial charge in [-0.3, -0.25) is 4.79 Å². The van der Waals surface area contributed by atoms with E-state index in [1.165, 1.54) is 12.3 Å². The number of aliphatic hydroxyl groups is 1. The van der Waals surface area contributed by atoms with Crippen LogP contribution in [0.1, 0.15) is 10.5 Å². The molecule has 2 aromatic heterocycles. The molecule has 0 spiro atoms. The summed E-state index contributed by atoms with van der Waals surface area (Å²) in [5.41, 5.74) is 5.33. The molecule has 14 heteroatoms. The number of nitrogens with one attached hydrogen (secondary N) is 2. The molecule has 3 heterocycles. The molecule has 4 rings (SSSR count). The minimum Gasteiger partial charge on any atom is -0.390 e. The van der Waals surface area contributed by atoms with Gasteiger partial charge >= 0.3 is 0 Å². The van der Waals surface area contributed by atoms with Crippen LogP contribution < -0.4 is 21.3 Å². The van der Waals surface area contributed by atoms with Crippen molar-refractivity contribution >= 4 is 33.8 Å². The fourth-order valence-corrected chi connectivity index (χ4v) is 4.51. The van der Waals surface area contributed by atoms with Crippen LogP contribution in [-0.4, -0.2) is 64.5 Å². The number of hydrogen-bond acceptors (Lipinski definition) is 8. The van der Waals surface area contributed by atoms with Crippen molar-refractivity contribution in [1.82, 2.24) is 20.1 Å². The summed E-state index contributed by atoms with van der Waals surface area (Å²) >= 11 is 0.738.